The van der Waals surface area contributed by atoms with Gasteiger partial charge in [-0.3, -0.25) is 4.57 Å². The van der Waals surface area contributed by atoms with E-state index in [4.69, 9.17) is 17.0 Å². The van der Waals surface area contributed by atoms with Crippen LogP contribution in [0.1, 0.15) is 5.56 Å². The van der Waals surface area contributed by atoms with Gasteiger partial charge in [-0.05, 0) is 61.1 Å². The monoisotopic (exact) mass is 270 g/mol. The summed E-state index contributed by atoms with van der Waals surface area (Å²) in [5.74, 6) is 0.839. The highest BCUT2D eigenvalue weighted by Crippen LogP contribution is 2.22. The molecule has 0 saturated heterocycles. The molecule has 0 aliphatic heterocycles. The van der Waals surface area contributed by atoms with Crippen LogP contribution in [0.15, 0.2) is 42.5 Å². The number of fused-ring (bicyclic) bond motifs is 1. The average molecular weight is 270 g/mol. The minimum Gasteiger partial charge on any atom is -0.497 e. The Bertz CT molecular complexity index is 784. The normalized spacial score (nSPS) is 10.8. The van der Waals surface area contributed by atoms with Gasteiger partial charge in [0.05, 0.1) is 18.1 Å². The number of aryl methyl sites for hydroxylation is 1. The molecule has 3 aromatic rings. The molecule has 0 aliphatic carbocycles. The third-order valence-electron chi connectivity index (χ3n) is 3.17. The summed E-state index contributed by atoms with van der Waals surface area (Å²) >= 11 is 5.42. The zero-order valence-corrected chi connectivity index (χ0v) is 11.6. The van der Waals surface area contributed by atoms with Gasteiger partial charge in [-0.25, -0.2) is 0 Å². The molecule has 2 aromatic carbocycles. The van der Waals surface area contributed by atoms with Crippen molar-refractivity contribution in [3.05, 3.63) is 52.8 Å². The second-order valence-electron chi connectivity index (χ2n) is 4.48. The van der Waals surface area contributed by atoms with E-state index in [1.807, 2.05) is 28.8 Å². The maximum atomic E-state index is 5.42. The van der Waals surface area contributed by atoms with Crippen LogP contribution in [0.2, 0.25) is 0 Å². The molecule has 0 fully saturated rings. The van der Waals surface area contributed by atoms with Crippen LogP contribution in [0.3, 0.4) is 0 Å². The van der Waals surface area contributed by atoms with Gasteiger partial charge in [0.25, 0.3) is 0 Å². The minimum atomic E-state index is 0.700. The van der Waals surface area contributed by atoms with Crippen LogP contribution in [0, 0.1) is 11.7 Å². The van der Waals surface area contributed by atoms with Crippen molar-refractivity contribution >= 4 is 23.3 Å². The molecule has 1 aromatic heterocycles. The first-order valence-electron chi connectivity index (χ1n) is 6.05. The zero-order valence-electron chi connectivity index (χ0n) is 10.8. The fraction of sp³-hybridized carbons (Fsp3) is 0.133. The standard InChI is InChI=1S/C15H14N2OS/c1-10-3-8-13-14(9-10)17(15(19)16-13)11-4-6-12(18-2)7-5-11/h3-9H,1-2H3,(H,16,19). The van der Waals surface area contributed by atoms with Crippen LogP contribution in [0.5, 0.6) is 5.75 Å². The number of nitrogens with one attached hydrogen (secondary N) is 1. The summed E-state index contributed by atoms with van der Waals surface area (Å²) in [5.41, 5.74) is 4.38. The smallest absolute Gasteiger partial charge is 0.182 e. The SMILES string of the molecule is COc1ccc(-n2c(=S)[nH]c3ccc(C)cc32)cc1. The highest BCUT2D eigenvalue weighted by atomic mass is 32.1. The number of hydrogen-bond donors (Lipinski definition) is 1. The van der Waals surface area contributed by atoms with E-state index in [9.17, 15) is 0 Å². The van der Waals surface area contributed by atoms with E-state index in [0.717, 1.165) is 22.5 Å². The van der Waals surface area contributed by atoms with Crippen LogP contribution in [-0.2, 0) is 0 Å². The summed E-state index contributed by atoms with van der Waals surface area (Å²) in [6.45, 7) is 2.08. The average Bonchev–Trinajstić information content (AvgIpc) is 2.74. The molecule has 19 heavy (non-hydrogen) atoms. The van der Waals surface area contributed by atoms with Crippen molar-refractivity contribution in [2.24, 2.45) is 0 Å². The third-order valence-corrected chi connectivity index (χ3v) is 3.45. The van der Waals surface area contributed by atoms with Gasteiger partial charge in [-0.2, -0.15) is 0 Å². The molecular weight excluding hydrogens is 256 g/mol. The molecule has 0 saturated carbocycles. The minimum absolute atomic E-state index is 0.700. The molecule has 1 N–H and O–H groups in total. The zero-order chi connectivity index (χ0) is 13.4. The van der Waals surface area contributed by atoms with Crippen molar-refractivity contribution < 1.29 is 4.74 Å². The number of hydrogen-bond acceptors (Lipinski definition) is 2. The summed E-state index contributed by atoms with van der Waals surface area (Å²) in [5, 5.41) is 0. The number of nitrogens with zero attached hydrogens (tertiary/aromatic N) is 1. The lowest BCUT2D eigenvalue weighted by Gasteiger charge is -2.06. The van der Waals surface area contributed by atoms with Crippen LogP contribution in [0.25, 0.3) is 16.7 Å². The summed E-state index contributed by atoms with van der Waals surface area (Å²) in [6.07, 6.45) is 0. The molecule has 0 atom stereocenters. The Morgan fingerprint density at radius 1 is 1.11 bits per heavy atom. The first-order chi connectivity index (χ1) is 9.19. The van der Waals surface area contributed by atoms with E-state index < -0.39 is 0 Å². The Morgan fingerprint density at radius 2 is 1.84 bits per heavy atom. The van der Waals surface area contributed by atoms with Crippen molar-refractivity contribution in [1.29, 1.82) is 0 Å². The topological polar surface area (TPSA) is 29.9 Å². The van der Waals surface area contributed by atoms with E-state index in [2.05, 4.69) is 30.1 Å². The van der Waals surface area contributed by atoms with Crippen molar-refractivity contribution in [2.75, 3.05) is 7.11 Å². The lowest BCUT2D eigenvalue weighted by Crippen LogP contribution is -1.94. The van der Waals surface area contributed by atoms with E-state index >= 15 is 0 Å². The number of rotatable bonds is 2. The van der Waals surface area contributed by atoms with Crippen molar-refractivity contribution in [2.45, 2.75) is 6.92 Å². The molecule has 1 heterocycles. The van der Waals surface area contributed by atoms with Gasteiger partial charge in [0.15, 0.2) is 4.77 Å². The van der Waals surface area contributed by atoms with Gasteiger partial charge in [0.2, 0.25) is 0 Å². The lowest BCUT2D eigenvalue weighted by molar-refractivity contribution is 0.415. The maximum Gasteiger partial charge on any atom is 0.182 e. The predicted molar refractivity (Wildman–Crippen MR) is 79.7 cm³/mol. The number of benzene rings is 2. The Labute approximate surface area is 116 Å². The Morgan fingerprint density at radius 3 is 2.53 bits per heavy atom. The fourth-order valence-electron chi connectivity index (χ4n) is 2.20. The van der Waals surface area contributed by atoms with Gasteiger partial charge in [0.1, 0.15) is 5.75 Å². The van der Waals surface area contributed by atoms with Crippen LogP contribution >= 0.6 is 12.2 Å². The van der Waals surface area contributed by atoms with Crippen molar-refractivity contribution in [1.82, 2.24) is 9.55 Å². The van der Waals surface area contributed by atoms with Gasteiger partial charge >= 0.3 is 0 Å². The number of imidazole rings is 1. The first kappa shape index (κ1) is 12.0. The third kappa shape index (κ3) is 2.04. The van der Waals surface area contributed by atoms with E-state index in [1.165, 1.54) is 5.56 Å². The number of H-pyrrole nitrogens is 1. The van der Waals surface area contributed by atoms with E-state index in [0.29, 0.717) is 4.77 Å². The Balaban J connectivity index is 2.25. The van der Waals surface area contributed by atoms with Gasteiger partial charge in [-0.15, -0.1) is 0 Å². The molecule has 0 amide bonds. The molecular formula is C15H14N2OS. The van der Waals surface area contributed by atoms with Crippen molar-refractivity contribution in [3.8, 4) is 11.4 Å². The second kappa shape index (κ2) is 4.55. The predicted octanol–water partition coefficient (Wildman–Crippen LogP) is 4.01. The highest BCUT2D eigenvalue weighted by molar-refractivity contribution is 7.71. The molecule has 0 spiro atoms. The molecule has 0 unspecified atom stereocenters. The van der Waals surface area contributed by atoms with Gasteiger partial charge in [-0.1, -0.05) is 6.07 Å². The second-order valence-corrected chi connectivity index (χ2v) is 4.87. The Kier molecular flexibility index (Phi) is 2.87. The van der Waals surface area contributed by atoms with Crippen LogP contribution in [0.4, 0.5) is 0 Å². The van der Waals surface area contributed by atoms with Gasteiger partial charge < -0.3 is 9.72 Å². The number of aromatic amines is 1. The highest BCUT2D eigenvalue weighted by Gasteiger charge is 2.06. The van der Waals surface area contributed by atoms with Gasteiger partial charge in [0, 0.05) is 5.69 Å². The van der Waals surface area contributed by atoms with Crippen LogP contribution < -0.4 is 4.74 Å². The quantitative estimate of drug-likeness (QED) is 0.713. The van der Waals surface area contributed by atoms with E-state index in [1.54, 1.807) is 7.11 Å². The molecule has 0 radical (unpaired) electrons. The summed E-state index contributed by atoms with van der Waals surface area (Å²) in [6, 6.07) is 14.1. The van der Waals surface area contributed by atoms with Crippen molar-refractivity contribution in [3.63, 3.8) is 0 Å². The number of methoxy groups -OCH3 is 1. The number of aromatic nitrogens is 2. The molecule has 96 valence electrons. The largest absolute Gasteiger partial charge is 0.497 e. The maximum absolute atomic E-state index is 5.42. The summed E-state index contributed by atoms with van der Waals surface area (Å²) in [4.78, 5) is 3.23. The summed E-state index contributed by atoms with van der Waals surface area (Å²) in [7, 11) is 1.66. The molecule has 0 aliphatic rings. The molecule has 4 heteroatoms. The first-order valence-corrected chi connectivity index (χ1v) is 6.45. The molecule has 0 bridgehead atoms. The lowest BCUT2D eigenvalue weighted by atomic mass is 10.2. The van der Waals surface area contributed by atoms with Crippen LogP contribution in [-0.4, -0.2) is 16.7 Å². The van der Waals surface area contributed by atoms with E-state index in [-0.39, 0.29) is 0 Å². The fourth-order valence-corrected chi connectivity index (χ4v) is 2.51. The Hall–Kier alpha value is -2.07. The number of ether oxygens (including phenoxy) is 1. The summed E-state index contributed by atoms with van der Waals surface area (Å²) < 4.78 is 7.92. The molecule has 3 nitrogen and oxygen atoms in total. The molecule has 3 rings (SSSR count).